The van der Waals surface area contributed by atoms with Gasteiger partial charge in [0.15, 0.2) is 5.82 Å². The Hall–Kier alpha value is -2.47. The molecule has 1 fully saturated rings. The van der Waals surface area contributed by atoms with E-state index in [4.69, 9.17) is 5.73 Å². The molecule has 0 aromatic heterocycles. The Balaban J connectivity index is 1.74. The van der Waals surface area contributed by atoms with Crippen LogP contribution in [0.25, 0.3) is 0 Å². The molecule has 3 rings (SSSR count). The molecule has 1 saturated heterocycles. The summed E-state index contributed by atoms with van der Waals surface area (Å²) >= 11 is 0. The molecule has 2 amide bonds. The van der Waals surface area contributed by atoms with Gasteiger partial charge in [0.05, 0.1) is 11.7 Å². The molecule has 0 aliphatic carbocycles. The number of halogens is 1. The van der Waals surface area contributed by atoms with Gasteiger partial charge < -0.3 is 11.1 Å². The number of amides is 2. The number of allylic oxidation sites excluding steroid dienone is 2. The van der Waals surface area contributed by atoms with Crippen molar-refractivity contribution in [1.29, 1.82) is 0 Å². The number of hydrogen-bond donors (Lipinski definition) is 2. The first-order valence-electron chi connectivity index (χ1n) is 10.5. The van der Waals surface area contributed by atoms with Crippen LogP contribution in [0.2, 0.25) is 0 Å². The van der Waals surface area contributed by atoms with E-state index in [1.807, 2.05) is 19.9 Å². The molecular formula is C21H31FN6O3S. The van der Waals surface area contributed by atoms with Crippen LogP contribution in [0.5, 0.6) is 0 Å². The number of hydrogen-bond acceptors (Lipinski definition) is 5. The van der Waals surface area contributed by atoms with E-state index in [2.05, 4.69) is 10.2 Å². The SMILES string of the molecule is CC1C=CC=C(Nc2cccc(CN3CCN(S(=O)(=O)N(C)C)C[C@@H]3C)c2F)N1C(N)=O. The highest BCUT2D eigenvalue weighted by molar-refractivity contribution is 7.86. The van der Waals surface area contributed by atoms with Crippen LogP contribution < -0.4 is 11.1 Å². The third-order valence-corrected chi connectivity index (χ3v) is 7.69. The summed E-state index contributed by atoms with van der Waals surface area (Å²) in [5.74, 6) is -0.0185. The first-order chi connectivity index (χ1) is 15.0. The fourth-order valence-electron chi connectivity index (χ4n) is 3.91. The van der Waals surface area contributed by atoms with E-state index in [0.717, 1.165) is 0 Å². The van der Waals surface area contributed by atoms with Gasteiger partial charge in [-0.15, -0.1) is 0 Å². The maximum atomic E-state index is 15.3. The molecule has 176 valence electrons. The van der Waals surface area contributed by atoms with Crippen LogP contribution >= 0.6 is 0 Å². The third kappa shape index (κ3) is 4.96. The van der Waals surface area contributed by atoms with Crippen molar-refractivity contribution in [2.75, 3.05) is 39.0 Å². The van der Waals surface area contributed by atoms with Crippen molar-refractivity contribution in [1.82, 2.24) is 18.4 Å². The average Bonchev–Trinajstić information content (AvgIpc) is 2.71. The van der Waals surface area contributed by atoms with Crippen LogP contribution in [-0.4, -0.2) is 78.7 Å². The molecule has 2 aliphatic rings. The van der Waals surface area contributed by atoms with E-state index in [1.54, 1.807) is 30.4 Å². The molecule has 0 saturated carbocycles. The molecule has 3 N–H and O–H groups in total. The van der Waals surface area contributed by atoms with Crippen molar-refractivity contribution in [2.24, 2.45) is 5.73 Å². The van der Waals surface area contributed by atoms with Crippen LogP contribution in [0.4, 0.5) is 14.9 Å². The van der Waals surface area contributed by atoms with Gasteiger partial charge in [0.1, 0.15) is 5.82 Å². The zero-order valence-corrected chi connectivity index (χ0v) is 19.6. The van der Waals surface area contributed by atoms with Crippen LogP contribution in [0.1, 0.15) is 19.4 Å². The van der Waals surface area contributed by atoms with Crippen molar-refractivity contribution in [3.05, 3.63) is 53.6 Å². The lowest BCUT2D eigenvalue weighted by atomic mass is 10.1. The van der Waals surface area contributed by atoms with Gasteiger partial charge in [-0.1, -0.05) is 24.3 Å². The molecule has 1 aromatic carbocycles. The van der Waals surface area contributed by atoms with E-state index in [0.29, 0.717) is 37.6 Å². The van der Waals surface area contributed by atoms with Gasteiger partial charge in [0.25, 0.3) is 10.2 Å². The Bertz CT molecular complexity index is 1030. The van der Waals surface area contributed by atoms with Gasteiger partial charge in [0, 0.05) is 51.9 Å². The number of carbonyl (C=O) groups is 1. The Morgan fingerprint density at radius 1 is 1.28 bits per heavy atom. The summed E-state index contributed by atoms with van der Waals surface area (Å²) in [5, 5.41) is 2.99. The number of nitrogens with zero attached hydrogens (tertiary/aromatic N) is 4. The molecule has 11 heteroatoms. The lowest BCUT2D eigenvalue weighted by Crippen LogP contribution is -2.55. The summed E-state index contributed by atoms with van der Waals surface area (Å²) in [6.45, 7) is 5.27. The zero-order valence-electron chi connectivity index (χ0n) is 18.8. The lowest BCUT2D eigenvalue weighted by molar-refractivity contribution is 0.118. The monoisotopic (exact) mass is 466 g/mol. The normalized spacial score (nSPS) is 22.8. The van der Waals surface area contributed by atoms with Gasteiger partial charge in [-0.2, -0.15) is 17.0 Å². The largest absolute Gasteiger partial charge is 0.351 e. The fraction of sp³-hybridized carbons (Fsp3) is 0.476. The van der Waals surface area contributed by atoms with E-state index in [9.17, 15) is 13.2 Å². The second-order valence-corrected chi connectivity index (χ2v) is 10.4. The van der Waals surface area contributed by atoms with Crippen LogP contribution in [-0.2, 0) is 16.8 Å². The molecule has 0 spiro atoms. The van der Waals surface area contributed by atoms with Gasteiger partial charge in [-0.25, -0.2) is 9.18 Å². The Morgan fingerprint density at radius 3 is 2.62 bits per heavy atom. The first kappa shape index (κ1) is 24.2. The van der Waals surface area contributed by atoms with Gasteiger partial charge in [-0.3, -0.25) is 9.80 Å². The maximum absolute atomic E-state index is 15.3. The number of rotatable bonds is 6. The lowest BCUT2D eigenvalue weighted by Gasteiger charge is -2.40. The topological polar surface area (TPSA) is 102 Å². The number of carbonyl (C=O) groups excluding carboxylic acids is 1. The molecule has 2 aliphatic heterocycles. The minimum atomic E-state index is -3.48. The van der Waals surface area contributed by atoms with Crippen molar-refractivity contribution in [2.45, 2.75) is 32.5 Å². The second kappa shape index (κ2) is 9.57. The third-order valence-electron chi connectivity index (χ3n) is 5.78. The summed E-state index contributed by atoms with van der Waals surface area (Å²) < 4.78 is 42.8. The molecule has 9 nitrogen and oxygen atoms in total. The van der Waals surface area contributed by atoms with Crippen LogP contribution in [0.15, 0.2) is 42.2 Å². The predicted molar refractivity (Wildman–Crippen MR) is 122 cm³/mol. The average molecular weight is 467 g/mol. The van der Waals surface area contributed by atoms with Gasteiger partial charge >= 0.3 is 6.03 Å². The van der Waals surface area contributed by atoms with Gasteiger partial charge in [0.2, 0.25) is 0 Å². The number of primary amides is 1. The molecular weight excluding hydrogens is 435 g/mol. The quantitative estimate of drug-likeness (QED) is 0.665. The number of nitrogens with one attached hydrogen (secondary N) is 1. The Kier molecular flexibility index (Phi) is 7.23. The maximum Gasteiger partial charge on any atom is 0.320 e. The van der Waals surface area contributed by atoms with E-state index < -0.39 is 22.1 Å². The summed E-state index contributed by atoms with van der Waals surface area (Å²) in [6.07, 6.45) is 5.28. The van der Waals surface area contributed by atoms with Crippen LogP contribution in [0, 0.1) is 5.82 Å². The standard InChI is InChI=1S/C21H31FN6O3S/c1-15-7-5-10-19(28(15)21(23)29)24-18-9-6-8-17(20(18)22)14-26-11-12-27(13-16(26)2)32(30,31)25(3)4/h5-10,15-16,24H,11-14H2,1-4H3,(H2,23,29)/t15?,16-/m0/s1. The molecule has 0 bridgehead atoms. The number of piperazine rings is 1. The predicted octanol–water partition coefficient (Wildman–Crippen LogP) is 1.73. The van der Waals surface area contributed by atoms with Crippen molar-refractivity contribution < 1.29 is 17.6 Å². The van der Waals surface area contributed by atoms with Gasteiger partial charge in [-0.05, 0) is 26.0 Å². The summed E-state index contributed by atoms with van der Waals surface area (Å²) in [5.41, 5.74) is 6.21. The number of anilines is 1. The summed E-state index contributed by atoms with van der Waals surface area (Å²) in [7, 11) is -0.452. The summed E-state index contributed by atoms with van der Waals surface area (Å²) in [6, 6.07) is 4.10. The molecule has 1 unspecified atom stereocenters. The molecule has 2 heterocycles. The Labute approximate surface area is 189 Å². The molecule has 1 aromatic rings. The molecule has 2 atom stereocenters. The minimum absolute atomic E-state index is 0.0770. The summed E-state index contributed by atoms with van der Waals surface area (Å²) in [4.78, 5) is 15.3. The number of nitrogens with two attached hydrogens (primary N) is 1. The number of benzene rings is 1. The fourth-order valence-corrected chi connectivity index (χ4v) is 5.09. The van der Waals surface area contributed by atoms with Crippen molar-refractivity contribution in [3.8, 4) is 0 Å². The Morgan fingerprint density at radius 2 is 2.00 bits per heavy atom. The van der Waals surface area contributed by atoms with E-state index in [1.165, 1.54) is 27.6 Å². The molecule has 32 heavy (non-hydrogen) atoms. The zero-order chi connectivity index (χ0) is 23.6. The van der Waals surface area contributed by atoms with Crippen molar-refractivity contribution >= 4 is 21.9 Å². The number of urea groups is 1. The highest BCUT2D eigenvalue weighted by Gasteiger charge is 2.33. The van der Waals surface area contributed by atoms with E-state index >= 15 is 4.39 Å². The van der Waals surface area contributed by atoms with Crippen molar-refractivity contribution in [3.63, 3.8) is 0 Å². The van der Waals surface area contributed by atoms with Crippen LogP contribution in [0.3, 0.4) is 0 Å². The van der Waals surface area contributed by atoms with E-state index in [-0.39, 0.29) is 17.8 Å². The second-order valence-electron chi connectivity index (χ2n) is 8.26. The smallest absolute Gasteiger partial charge is 0.320 e. The highest BCUT2D eigenvalue weighted by atomic mass is 32.2. The molecule has 0 radical (unpaired) electrons. The highest BCUT2D eigenvalue weighted by Crippen LogP contribution is 2.25. The minimum Gasteiger partial charge on any atom is -0.351 e. The first-order valence-corrected chi connectivity index (χ1v) is 11.8.